The molecule has 3 aromatic rings. The van der Waals surface area contributed by atoms with Crippen molar-refractivity contribution in [2.45, 2.75) is 17.9 Å². The van der Waals surface area contributed by atoms with Crippen molar-refractivity contribution in [2.24, 2.45) is 0 Å². The monoisotopic (exact) mass is 388 g/mol. The zero-order valence-electron chi connectivity index (χ0n) is 14.5. The molecule has 0 radical (unpaired) electrons. The summed E-state index contributed by atoms with van der Waals surface area (Å²) in [4.78, 5) is 2.52. The van der Waals surface area contributed by atoms with Crippen LogP contribution in [-0.4, -0.2) is 26.9 Å². The molecule has 0 spiro atoms. The molecular weight excluding hydrogens is 368 g/mol. The van der Waals surface area contributed by atoms with Gasteiger partial charge in [0.15, 0.2) is 0 Å². The molecule has 1 N–H and O–H groups in total. The van der Waals surface area contributed by atoms with Crippen LogP contribution in [0.3, 0.4) is 0 Å². The Morgan fingerprint density at radius 1 is 0.962 bits per heavy atom. The van der Waals surface area contributed by atoms with E-state index in [1.54, 1.807) is 12.1 Å². The first kappa shape index (κ1) is 18.7. The molecule has 4 rings (SSSR count). The predicted octanol–water partition coefficient (Wildman–Crippen LogP) is 4.05. The van der Waals surface area contributed by atoms with Gasteiger partial charge in [-0.2, -0.15) is 0 Å². The number of nitrogens with zero attached hydrogens (tertiary/aromatic N) is 1. The summed E-state index contributed by atoms with van der Waals surface area (Å²) in [7, 11) is -1.60. The van der Waals surface area contributed by atoms with E-state index in [1.807, 2.05) is 42.5 Å². The first-order valence-electron chi connectivity index (χ1n) is 8.34. The van der Waals surface area contributed by atoms with Crippen LogP contribution in [0.5, 0.6) is 0 Å². The molecule has 0 amide bonds. The van der Waals surface area contributed by atoms with E-state index in [0.717, 1.165) is 35.8 Å². The van der Waals surface area contributed by atoms with Crippen LogP contribution in [0.4, 0.5) is 5.69 Å². The molecular formula is C20H21ClN2O2S. The molecule has 4 nitrogen and oxygen atoms in total. The zero-order chi connectivity index (χ0) is 17.4. The van der Waals surface area contributed by atoms with E-state index in [-0.39, 0.29) is 12.4 Å². The zero-order valence-corrected chi connectivity index (χ0v) is 16.1. The van der Waals surface area contributed by atoms with Gasteiger partial charge in [-0.05, 0) is 42.1 Å². The third kappa shape index (κ3) is 3.43. The number of benzene rings is 3. The number of halogens is 1. The summed E-state index contributed by atoms with van der Waals surface area (Å²) < 4.78 is 28.9. The Kier molecular flexibility index (Phi) is 5.23. The lowest BCUT2D eigenvalue weighted by Gasteiger charge is -2.27. The van der Waals surface area contributed by atoms with Gasteiger partial charge in [-0.3, -0.25) is 4.72 Å². The van der Waals surface area contributed by atoms with Gasteiger partial charge in [0.1, 0.15) is 0 Å². The Morgan fingerprint density at radius 2 is 1.69 bits per heavy atom. The van der Waals surface area contributed by atoms with Crippen molar-refractivity contribution in [3.05, 3.63) is 71.8 Å². The summed E-state index contributed by atoms with van der Waals surface area (Å²) in [6.07, 6.45) is 0.940. The van der Waals surface area contributed by atoms with Gasteiger partial charge >= 0.3 is 0 Å². The van der Waals surface area contributed by atoms with Crippen LogP contribution < -0.4 is 4.72 Å². The van der Waals surface area contributed by atoms with Crippen LogP contribution in [0.1, 0.15) is 11.1 Å². The van der Waals surface area contributed by atoms with Gasteiger partial charge in [0.25, 0.3) is 10.0 Å². The minimum absolute atomic E-state index is 0. The van der Waals surface area contributed by atoms with Crippen molar-refractivity contribution in [1.82, 2.24) is 4.90 Å². The quantitative estimate of drug-likeness (QED) is 0.736. The molecule has 0 saturated carbocycles. The second-order valence-electron chi connectivity index (χ2n) is 6.51. The van der Waals surface area contributed by atoms with Gasteiger partial charge in [0.2, 0.25) is 0 Å². The van der Waals surface area contributed by atoms with Crippen LogP contribution in [0, 0.1) is 0 Å². The second kappa shape index (κ2) is 7.27. The molecule has 6 heteroatoms. The highest BCUT2D eigenvalue weighted by Crippen LogP contribution is 2.29. The fourth-order valence-corrected chi connectivity index (χ4v) is 4.77. The van der Waals surface area contributed by atoms with Crippen molar-refractivity contribution in [1.29, 1.82) is 0 Å². The van der Waals surface area contributed by atoms with Crippen molar-refractivity contribution < 1.29 is 8.42 Å². The average molecular weight is 389 g/mol. The third-order valence-corrected chi connectivity index (χ3v) is 6.17. The van der Waals surface area contributed by atoms with Crippen molar-refractivity contribution in [2.75, 3.05) is 18.3 Å². The lowest BCUT2D eigenvalue weighted by atomic mass is 9.99. The van der Waals surface area contributed by atoms with Crippen LogP contribution >= 0.6 is 12.4 Å². The summed E-state index contributed by atoms with van der Waals surface area (Å²) >= 11 is 0. The summed E-state index contributed by atoms with van der Waals surface area (Å²) in [5.74, 6) is 0. The molecule has 0 aliphatic carbocycles. The Morgan fingerprint density at radius 3 is 2.54 bits per heavy atom. The molecule has 0 unspecified atom stereocenters. The Hall–Kier alpha value is -2.08. The first-order valence-corrected chi connectivity index (χ1v) is 9.83. The largest absolute Gasteiger partial charge is 0.302 e. The number of rotatable bonds is 3. The van der Waals surface area contributed by atoms with Gasteiger partial charge < -0.3 is 4.90 Å². The molecule has 1 heterocycles. The van der Waals surface area contributed by atoms with E-state index < -0.39 is 10.0 Å². The Balaban J connectivity index is 0.00000196. The molecule has 26 heavy (non-hydrogen) atoms. The van der Waals surface area contributed by atoms with Gasteiger partial charge in [-0.1, -0.05) is 48.5 Å². The third-order valence-electron chi connectivity index (χ3n) is 4.75. The van der Waals surface area contributed by atoms with Crippen molar-refractivity contribution in [3.63, 3.8) is 0 Å². The molecule has 136 valence electrons. The number of nitrogens with one attached hydrogen (secondary N) is 1. The average Bonchev–Trinajstić information content (AvgIpc) is 2.61. The molecule has 0 aromatic heterocycles. The van der Waals surface area contributed by atoms with Gasteiger partial charge in [0.05, 0.1) is 10.6 Å². The normalized spacial score (nSPS) is 14.5. The Labute approximate surface area is 160 Å². The Bertz CT molecular complexity index is 1050. The molecule has 0 atom stereocenters. The van der Waals surface area contributed by atoms with Crippen molar-refractivity contribution >= 4 is 38.9 Å². The molecule has 0 bridgehead atoms. The summed E-state index contributed by atoms with van der Waals surface area (Å²) in [6.45, 7) is 1.75. The number of hydrogen-bond acceptors (Lipinski definition) is 3. The molecule has 3 aromatic carbocycles. The maximum absolute atomic E-state index is 13.1. The van der Waals surface area contributed by atoms with E-state index in [4.69, 9.17) is 0 Å². The highest BCUT2D eigenvalue weighted by atomic mass is 35.5. The standard InChI is InChI=1S/C20H20N2O2S.ClH/c1-22-13-12-16-7-4-10-19(18(16)14-22)21-25(23,24)20-11-5-8-15-6-2-3-9-17(15)20;/h2-11,21H,12-14H2,1H3;1H. The van der Waals surface area contributed by atoms with E-state index in [0.29, 0.717) is 10.6 Å². The van der Waals surface area contributed by atoms with Gasteiger partial charge in [-0.15, -0.1) is 12.4 Å². The SMILES string of the molecule is CN1CCc2cccc(NS(=O)(=O)c3cccc4ccccc34)c2C1.Cl. The van der Waals surface area contributed by atoms with E-state index >= 15 is 0 Å². The topological polar surface area (TPSA) is 49.4 Å². The minimum Gasteiger partial charge on any atom is -0.302 e. The maximum atomic E-state index is 13.1. The van der Waals surface area contributed by atoms with Crippen LogP contribution in [0.2, 0.25) is 0 Å². The number of sulfonamides is 1. The minimum atomic E-state index is -3.66. The van der Waals surface area contributed by atoms with Crippen LogP contribution in [-0.2, 0) is 23.0 Å². The lowest BCUT2D eigenvalue weighted by Crippen LogP contribution is -2.28. The summed E-state index contributed by atoms with van der Waals surface area (Å²) in [5.41, 5.74) is 2.97. The number of anilines is 1. The predicted molar refractivity (Wildman–Crippen MR) is 108 cm³/mol. The molecule has 1 aliphatic rings. The van der Waals surface area contributed by atoms with E-state index in [9.17, 15) is 8.42 Å². The fraction of sp³-hybridized carbons (Fsp3) is 0.200. The summed E-state index contributed by atoms with van der Waals surface area (Å²) in [6, 6.07) is 18.8. The molecule has 0 saturated heterocycles. The highest BCUT2D eigenvalue weighted by molar-refractivity contribution is 7.93. The summed E-state index contributed by atoms with van der Waals surface area (Å²) in [5, 5.41) is 1.65. The number of fused-ring (bicyclic) bond motifs is 2. The smallest absolute Gasteiger partial charge is 0.262 e. The lowest BCUT2D eigenvalue weighted by molar-refractivity contribution is 0.313. The van der Waals surface area contributed by atoms with E-state index in [1.165, 1.54) is 5.56 Å². The highest BCUT2D eigenvalue weighted by Gasteiger charge is 2.22. The first-order chi connectivity index (χ1) is 12.0. The molecule has 0 fully saturated rings. The van der Waals surface area contributed by atoms with Crippen molar-refractivity contribution in [3.8, 4) is 0 Å². The second-order valence-corrected chi connectivity index (χ2v) is 8.16. The van der Waals surface area contributed by atoms with Gasteiger partial charge in [0, 0.05) is 18.5 Å². The maximum Gasteiger partial charge on any atom is 0.262 e. The van der Waals surface area contributed by atoms with Crippen LogP contribution in [0.15, 0.2) is 65.6 Å². The fourth-order valence-electron chi connectivity index (χ4n) is 3.44. The molecule has 1 aliphatic heterocycles. The number of hydrogen-bond donors (Lipinski definition) is 1. The van der Waals surface area contributed by atoms with E-state index in [2.05, 4.69) is 22.7 Å². The van der Waals surface area contributed by atoms with Gasteiger partial charge in [-0.25, -0.2) is 8.42 Å². The number of likely N-dealkylation sites (N-methyl/N-ethyl adjacent to an activating group) is 1. The van der Waals surface area contributed by atoms with Crippen LogP contribution in [0.25, 0.3) is 10.8 Å².